The number of fused-ring (bicyclic) bond motifs is 1. The molecule has 4 nitrogen and oxygen atoms in total. The number of benzene rings is 1. The molecule has 1 saturated carbocycles. The maximum absolute atomic E-state index is 13.7. The van der Waals surface area contributed by atoms with Crippen LogP contribution in [0.25, 0.3) is 0 Å². The second kappa shape index (κ2) is 5.62. The lowest BCUT2D eigenvalue weighted by Gasteiger charge is -2.34. The topological polar surface area (TPSA) is 49.7 Å². The second-order valence-electron chi connectivity index (χ2n) is 6.57. The third-order valence-corrected chi connectivity index (χ3v) is 5.67. The van der Waals surface area contributed by atoms with E-state index in [0.29, 0.717) is 23.0 Å². The van der Waals surface area contributed by atoms with Gasteiger partial charge < -0.3 is 4.90 Å². The molecule has 0 radical (unpaired) electrons. The Labute approximate surface area is 147 Å². The van der Waals surface area contributed by atoms with Crippen LogP contribution in [0.3, 0.4) is 0 Å². The number of ketones is 1. The molecule has 1 aromatic rings. The summed E-state index contributed by atoms with van der Waals surface area (Å²) in [4.78, 5) is 31.6. The monoisotopic (exact) mass is 390 g/mol. The van der Waals surface area contributed by atoms with Crippen LogP contribution in [0.5, 0.6) is 0 Å². The number of halogens is 2. The first-order valence-corrected chi connectivity index (χ1v) is 8.80. The second-order valence-corrected chi connectivity index (χ2v) is 7.43. The summed E-state index contributed by atoms with van der Waals surface area (Å²) >= 11 is 3.21. The first kappa shape index (κ1) is 15.7. The van der Waals surface area contributed by atoms with Crippen LogP contribution in [0.1, 0.15) is 30.7 Å². The number of nitrogens with zero attached hydrogens (tertiary/aromatic N) is 2. The Kier molecular flexibility index (Phi) is 3.67. The fourth-order valence-corrected chi connectivity index (χ4v) is 4.36. The SMILES string of the molecule is CN1CC2=C(C1=O)C(c1ccc(F)c(Br)c1)C1C(=O)CCCC1=N2. The van der Waals surface area contributed by atoms with Crippen molar-refractivity contribution in [1.29, 1.82) is 0 Å². The molecule has 2 unspecified atom stereocenters. The lowest BCUT2D eigenvalue weighted by molar-refractivity contribution is -0.125. The van der Waals surface area contributed by atoms with Crippen molar-refractivity contribution in [2.45, 2.75) is 25.2 Å². The van der Waals surface area contributed by atoms with E-state index in [2.05, 4.69) is 20.9 Å². The van der Waals surface area contributed by atoms with Crippen LogP contribution in [-0.4, -0.2) is 35.9 Å². The molecule has 3 aliphatic rings. The summed E-state index contributed by atoms with van der Waals surface area (Å²) in [5.41, 5.74) is 3.01. The van der Waals surface area contributed by atoms with E-state index in [4.69, 9.17) is 0 Å². The zero-order valence-electron chi connectivity index (χ0n) is 13.2. The maximum Gasteiger partial charge on any atom is 0.252 e. The molecule has 0 bridgehead atoms. The van der Waals surface area contributed by atoms with Gasteiger partial charge in [-0.25, -0.2) is 4.39 Å². The predicted molar refractivity (Wildman–Crippen MR) is 91.3 cm³/mol. The van der Waals surface area contributed by atoms with Gasteiger partial charge in [-0.2, -0.15) is 0 Å². The van der Waals surface area contributed by atoms with Crippen LogP contribution >= 0.6 is 15.9 Å². The van der Waals surface area contributed by atoms with Crippen molar-refractivity contribution in [3.63, 3.8) is 0 Å². The minimum absolute atomic E-state index is 0.0865. The summed E-state index contributed by atoms with van der Waals surface area (Å²) in [6.45, 7) is 0.470. The molecule has 2 aliphatic heterocycles. The number of Topliss-reactive ketones (excluding diaryl/α,β-unsaturated/α-hetero) is 1. The van der Waals surface area contributed by atoms with Crippen LogP contribution in [-0.2, 0) is 9.59 Å². The van der Waals surface area contributed by atoms with Crippen molar-refractivity contribution in [2.75, 3.05) is 13.6 Å². The van der Waals surface area contributed by atoms with Gasteiger partial charge in [0, 0.05) is 30.7 Å². The Morgan fingerprint density at radius 3 is 2.79 bits per heavy atom. The van der Waals surface area contributed by atoms with Gasteiger partial charge in [0.05, 0.1) is 22.6 Å². The summed E-state index contributed by atoms with van der Waals surface area (Å²) < 4.78 is 14.0. The van der Waals surface area contributed by atoms with Gasteiger partial charge in [-0.3, -0.25) is 14.6 Å². The van der Waals surface area contributed by atoms with Gasteiger partial charge in [0.2, 0.25) is 0 Å². The summed E-state index contributed by atoms with van der Waals surface area (Å²) in [5.74, 6) is -1.08. The van der Waals surface area contributed by atoms with Gasteiger partial charge >= 0.3 is 0 Å². The van der Waals surface area contributed by atoms with E-state index < -0.39 is 5.92 Å². The number of carbonyl (C=O) groups excluding carboxylic acids is 2. The molecule has 1 fully saturated rings. The molecule has 1 aliphatic carbocycles. The van der Waals surface area contributed by atoms with E-state index in [1.807, 2.05) is 0 Å². The van der Waals surface area contributed by atoms with Gasteiger partial charge in [-0.05, 0) is 46.5 Å². The van der Waals surface area contributed by atoms with E-state index in [-0.39, 0.29) is 23.4 Å². The number of likely N-dealkylation sites (N-methyl/N-ethyl adjacent to an activating group) is 1. The summed E-state index contributed by atoms with van der Waals surface area (Å²) in [6.07, 6.45) is 2.10. The summed E-state index contributed by atoms with van der Waals surface area (Å²) in [5, 5.41) is 0. The first-order valence-electron chi connectivity index (χ1n) is 8.01. The number of hydrogen-bond acceptors (Lipinski definition) is 3. The highest BCUT2D eigenvalue weighted by molar-refractivity contribution is 9.10. The van der Waals surface area contributed by atoms with Gasteiger partial charge in [0.1, 0.15) is 11.6 Å². The van der Waals surface area contributed by atoms with Gasteiger partial charge in [0.15, 0.2) is 0 Å². The highest BCUT2D eigenvalue weighted by atomic mass is 79.9. The zero-order valence-corrected chi connectivity index (χ0v) is 14.8. The Balaban J connectivity index is 1.90. The quantitative estimate of drug-likeness (QED) is 0.738. The first-order chi connectivity index (χ1) is 11.5. The molecule has 0 aromatic heterocycles. The van der Waals surface area contributed by atoms with Crippen molar-refractivity contribution >= 4 is 33.3 Å². The third kappa shape index (κ3) is 2.27. The molecular formula is C18H16BrFN2O2. The predicted octanol–water partition coefficient (Wildman–Crippen LogP) is 3.22. The third-order valence-electron chi connectivity index (χ3n) is 5.06. The summed E-state index contributed by atoms with van der Waals surface area (Å²) in [7, 11) is 1.74. The van der Waals surface area contributed by atoms with E-state index in [0.717, 1.165) is 29.8 Å². The number of amides is 1. The highest BCUT2D eigenvalue weighted by Crippen LogP contribution is 2.45. The Hall–Kier alpha value is -1.82. The van der Waals surface area contributed by atoms with E-state index in [1.54, 1.807) is 24.1 Å². The molecule has 1 amide bonds. The minimum atomic E-state index is -0.398. The molecular weight excluding hydrogens is 375 g/mol. The average Bonchev–Trinajstić information content (AvgIpc) is 2.83. The largest absolute Gasteiger partial charge is 0.336 e. The molecule has 4 rings (SSSR count). The van der Waals surface area contributed by atoms with Crippen molar-refractivity contribution in [2.24, 2.45) is 10.9 Å². The normalized spacial score (nSPS) is 26.5. The molecule has 124 valence electrons. The van der Waals surface area contributed by atoms with Crippen molar-refractivity contribution in [3.8, 4) is 0 Å². The fourth-order valence-electron chi connectivity index (χ4n) is 3.97. The zero-order chi connectivity index (χ0) is 17.0. The van der Waals surface area contributed by atoms with Gasteiger partial charge in [0.25, 0.3) is 5.91 Å². The molecule has 0 N–H and O–H groups in total. The molecule has 0 saturated heterocycles. The van der Waals surface area contributed by atoms with Crippen LogP contribution in [0.2, 0.25) is 0 Å². The van der Waals surface area contributed by atoms with E-state index >= 15 is 0 Å². The van der Waals surface area contributed by atoms with Crippen LogP contribution in [0.15, 0.2) is 38.9 Å². The smallest absolute Gasteiger partial charge is 0.252 e. The maximum atomic E-state index is 13.7. The van der Waals surface area contributed by atoms with Crippen LogP contribution in [0.4, 0.5) is 4.39 Å². The number of rotatable bonds is 1. The highest BCUT2D eigenvalue weighted by Gasteiger charge is 2.46. The van der Waals surface area contributed by atoms with Gasteiger partial charge in [-0.15, -0.1) is 0 Å². The summed E-state index contributed by atoms with van der Waals surface area (Å²) in [6, 6.07) is 4.73. The average molecular weight is 391 g/mol. The van der Waals surface area contributed by atoms with Gasteiger partial charge in [-0.1, -0.05) is 6.07 Å². The Bertz CT molecular complexity index is 830. The minimum Gasteiger partial charge on any atom is -0.336 e. The van der Waals surface area contributed by atoms with Crippen molar-refractivity contribution < 1.29 is 14.0 Å². The van der Waals surface area contributed by atoms with Crippen molar-refractivity contribution in [3.05, 3.63) is 45.3 Å². The molecule has 2 heterocycles. The number of hydrogen-bond donors (Lipinski definition) is 0. The standard InChI is InChI=1S/C18H16BrFN2O2/c1-22-8-13-17(18(22)24)15(9-5-6-11(20)10(19)7-9)16-12(21-13)3-2-4-14(16)23/h5-7,15-16H,2-4,8H2,1H3. The lowest BCUT2D eigenvalue weighted by atomic mass is 9.69. The van der Waals surface area contributed by atoms with E-state index in [9.17, 15) is 14.0 Å². The van der Waals surface area contributed by atoms with Crippen LogP contribution in [0, 0.1) is 11.7 Å². The van der Waals surface area contributed by atoms with E-state index in [1.165, 1.54) is 6.07 Å². The number of aliphatic imine (C=N–C) groups is 1. The Morgan fingerprint density at radius 2 is 2.04 bits per heavy atom. The molecule has 0 spiro atoms. The molecule has 1 aromatic carbocycles. The lowest BCUT2D eigenvalue weighted by Crippen LogP contribution is -2.38. The number of carbonyl (C=O) groups is 2. The fraction of sp³-hybridized carbons (Fsp3) is 0.389. The molecule has 2 atom stereocenters. The van der Waals surface area contributed by atoms with Crippen molar-refractivity contribution in [1.82, 2.24) is 4.90 Å². The van der Waals surface area contributed by atoms with Crippen LogP contribution < -0.4 is 0 Å². The Morgan fingerprint density at radius 1 is 1.25 bits per heavy atom. The molecule has 6 heteroatoms. The molecule has 24 heavy (non-hydrogen) atoms.